The number of rotatable bonds is 2. The van der Waals surface area contributed by atoms with Crippen molar-refractivity contribution in [2.75, 3.05) is 6.61 Å². The smallest absolute Gasteiger partial charge is 0.331 e. The number of aliphatic hydroxyl groups excluding tert-OH is 1. The lowest BCUT2D eigenvalue weighted by Gasteiger charge is -2.65. The standard InChI is InChI=1S/C23H33NO6/c1-20-6-3-17-18(23(20,28)9-5-16(20)14-10-19(26)30-12-14)4-8-22(27)11-15(25)2-7-21(17,22)13-24-29/h10,13,15-18,25,27-29H,2-9,11-12H2,1H3/t15-,16+,17-,18+,20+,21-,22-,23-/m0/s1. The minimum absolute atomic E-state index is 0.00749. The summed E-state index contributed by atoms with van der Waals surface area (Å²) in [6.45, 7) is 2.48. The van der Waals surface area contributed by atoms with Crippen LogP contribution in [0, 0.1) is 28.6 Å². The number of cyclic esters (lactones) is 1. The fourth-order valence-corrected chi connectivity index (χ4v) is 8.46. The molecule has 0 amide bonds. The predicted molar refractivity (Wildman–Crippen MR) is 108 cm³/mol. The highest BCUT2D eigenvalue weighted by Crippen LogP contribution is 2.70. The van der Waals surface area contributed by atoms with Crippen LogP contribution in [-0.2, 0) is 9.53 Å². The Morgan fingerprint density at radius 3 is 2.57 bits per heavy atom. The van der Waals surface area contributed by atoms with E-state index in [9.17, 15) is 25.3 Å². The van der Waals surface area contributed by atoms with Crippen LogP contribution in [0.5, 0.6) is 0 Å². The minimum Gasteiger partial charge on any atom is -0.458 e. The molecule has 7 heteroatoms. The van der Waals surface area contributed by atoms with Crippen molar-refractivity contribution in [1.82, 2.24) is 0 Å². The van der Waals surface area contributed by atoms with Crippen molar-refractivity contribution >= 4 is 12.2 Å². The summed E-state index contributed by atoms with van der Waals surface area (Å²) in [4.78, 5) is 11.7. The van der Waals surface area contributed by atoms with Crippen molar-refractivity contribution in [3.8, 4) is 0 Å². The van der Waals surface area contributed by atoms with Gasteiger partial charge in [-0.15, -0.1) is 5.16 Å². The van der Waals surface area contributed by atoms with Crippen LogP contribution in [0.15, 0.2) is 16.8 Å². The summed E-state index contributed by atoms with van der Waals surface area (Å²) < 4.78 is 5.17. The van der Waals surface area contributed by atoms with Gasteiger partial charge in [-0.2, -0.15) is 0 Å². The van der Waals surface area contributed by atoms with E-state index in [4.69, 9.17) is 4.74 Å². The SMILES string of the molecule is C[C@]12CC[C@H]3[C@@H](CC[C@]4(O)C[C@@H](O)CC[C@]34C=NO)[C@@]1(O)CC[C@@H]2C1=CC(=O)OC1. The summed E-state index contributed by atoms with van der Waals surface area (Å²) in [5, 5.41) is 47.0. The van der Waals surface area contributed by atoms with Crippen LogP contribution in [0.2, 0.25) is 0 Å². The van der Waals surface area contributed by atoms with Gasteiger partial charge in [-0.3, -0.25) is 0 Å². The molecule has 4 N–H and O–H groups in total. The second kappa shape index (κ2) is 6.53. The number of aliphatic hydroxyl groups is 3. The quantitative estimate of drug-likeness (QED) is 0.236. The van der Waals surface area contributed by atoms with Gasteiger partial charge in [0.1, 0.15) is 6.61 Å². The molecule has 0 aromatic heterocycles. The molecule has 0 bridgehead atoms. The van der Waals surface area contributed by atoms with Crippen molar-refractivity contribution < 1.29 is 30.1 Å². The Kier molecular flexibility index (Phi) is 4.45. The summed E-state index contributed by atoms with van der Waals surface area (Å²) in [6.07, 6.45) is 8.20. The number of hydrogen-bond donors (Lipinski definition) is 4. The molecule has 5 aliphatic rings. The molecule has 0 unspecified atom stereocenters. The molecule has 4 fully saturated rings. The molecule has 5 rings (SSSR count). The molecule has 0 radical (unpaired) electrons. The van der Waals surface area contributed by atoms with Crippen molar-refractivity contribution in [2.45, 2.75) is 82.0 Å². The first-order valence-electron chi connectivity index (χ1n) is 11.4. The van der Waals surface area contributed by atoms with E-state index in [0.717, 1.165) is 24.8 Å². The Bertz CT molecular complexity index is 812. The molecule has 4 aliphatic carbocycles. The van der Waals surface area contributed by atoms with Gasteiger partial charge in [0.15, 0.2) is 0 Å². The summed E-state index contributed by atoms with van der Waals surface area (Å²) in [6, 6.07) is 0. The largest absolute Gasteiger partial charge is 0.458 e. The number of carbonyl (C=O) groups excluding carboxylic acids is 1. The summed E-state index contributed by atoms with van der Waals surface area (Å²) in [7, 11) is 0. The van der Waals surface area contributed by atoms with Gasteiger partial charge in [0.25, 0.3) is 0 Å². The first kappa shape index (κ1) is 20.5. The number of ether oxygens (including phenoxy) is 1. The Hall–Kier alpha value is -1.44. The maximum Gasteiger partial charge on any atom is 0.331 e. The third kappa shape index (κ3) is 2.43. The zero-order valence-electron chi connectivity index (χ0n) is 17.6. The van der Waals surface area contributed by atoms with Gasteiger partial charge in [0.2, 0.25) is 0 Å². The van der Waals surface area contributed by atoms with Crippen molar-refractivity contribution in [3.63, 3.8) is 0 Å². The first-order valence-corrected chi connectivity index (χ1v) is 11.4. The Morgan fingerprint density at radius 1 is 1.10 bits per heavy atom. The highest BCUT2D eigenvalue weighted by molar-refractivity contribution is 5.85. The zero-order valence-corrected chi connectivity index (χ0v) is 17.6. The summed E-state index contributed by atoms with van der Waals surface area (Å²) in [5.74, 6) is -0.203. The zero-order chi connectivity index (χ0) is 21.4. The number of nitrogens with zero attached hydrogens (tertiary/aromatic N) is 1. The van der Waals surface area contributed by atoms with Crippen LogP contribution in [0.3, 0.4) is 0 Å². The molecule has 0 aromatic carbocycles. The molecule has 166 valence electrons. The van der Waals surface area contributed by atoms with Crippen LogP contribution >= 0.6 is 0 Å². The third-order valence-corrected chi connectivity index (χ3v) is 9.93. The maximum absolute atomic E-state index is 12.2. The molecular weight excluding hydrogens is 386 g/mol. The van der Waals surface area contributed by atoms with E-state index < -0.39 is 22.7 Å². The molecule has 30 heavy (non-hydrogen) atoms. The van der Waals surface area contributed by atoms with E-state index in [1.54, 1.807) is 6.08 Å². The number of hydrogen-bond acceptors (Lipinski definition) is 7. The Balaban J connectivity index is 1.53. The number of fused-ring (bicyclic) bond motifs is 5. The molecule has 1 heterocycles. The van der Waals surface area contributed by atoms with Crippen molar-refractivity contribution in [2.24, 2.45) is 33.7 Å². The average Bonchev–Trinajstić information content (AvgIpc) is 3.23. The van der Waals surface area contributed by atoms with E-state index in [0.29, 0.717) is 38.7 Å². The first-order chi connectivity index (χ1) is 14.2. The van der Waals surface area contributed by atoms with Gasteiger partial charge in [0.05, 0.1) is 23.5 Å². The number of carbonyl (C=O) groups is 1. The number of oxime groups is 1. The van der Waals surface area contributed by atoms with E-state index >= 15 is 0 Å². The number of esters is 1. The van der Waals surface area contributed by atoms with E-state index in [1.807, 2.05) is 0 Å². The maximum atomic E-state index is 12.2. The van der Waals surface area contributed by atoms with E-state index in [2.05, 4.69) is 12.1 Å². The highest BCUT2D eigenvalue weighted by Gasteiger charge is 2.71. The summed E-state index contributed by atoms with van der Waals surface area (Å²) >= 11 is 0. The average molecular weight is 420 g/mol. The molecule has 8 atom stereocenters. The molecule has 0 spiro atoms. The van der Waals surface area contributed by atoms with Crippen LogP contribution in [0.4, 0.5) is 0 Å². The molecule has 7 nitrogen and oxygen atoms in total. The third-order valence-electron chi connectivity index (χ3n) is 9.93. The van der Waals surface area contributed by atoms with Crippen LogP contribution in [0.1, 0.15) is 64.7 Å². The molecule has 0 saturated heterocycles. The molecule has 0 aromatic rings. The van der Waals surface area contributed by atoms with E-state index in [1.165, 1.54) is 6.21 Å². The molecule has 4 saturated carbocycles. The van der Waals surface area contributed by atoms with Gasteiger partial charge < -0.3 is 25.3 Å². The van der Waals surface area contributed by atoms with Crippen molar-refractivity contribution in [3.05, 3.63) is 11.6 Å². The van der Waals surface area contributed by atoms with Gasteiger partial charge in [-0.05, 0) is 74.7 Å². The monoisotopic (exact) mass is 419 g/mol. The fourth-order valence-electron chi connectivity index (χ4n) is 8.46. The second-order valence-corrected chi connectivity index (χ2v) is 10.8. The summed E-state index contributed by atoms with van der Waals surface area (Å²) in [5.41, 5.74) is -2.11. The van der Waals surface area contributed by atoms with Gasteiger partial charge in [-0.25, -0.2) is 4.79 Å². The molecular formula is C23H33NO6. The predicted octanol–water partition coefficient (Wildman–Crippen LogP) is 2.16. The van der Waals surface area contributed by atoms with Crippen LogP contribution in [0.25, 0.3) is 0 Å². The van der Waals surface area contributed by atoms with Crippen LogP contribution < -0.4 is 0 Å². The van der Waals surface area contributed by atoms with Crippen molar-refractivity contribution in [1.29, 1.82) is 0 Å². The minimum atomic E-state index is -1.12. The molecule has 1 aliphatic heterocycles. The Labute approximate surface area is 176 Å². The van der Waals surface area contributed by atoms with Gasteiger partial charge in [-0.1, -0.05) is 6.92 Å². The fraction of sp³-hybridized carbons (Fsp3) is 0.826. The second-order valence-electron chi connectivity index (χ2n) is 10.8. The lowest BCUT2D eigenvalue weighted by Crippen LogP contribution is -2.68. The van der Waals surface area contributed by atoms with E-state index in [-0.39, 0.29) is 35.6 Å². The lowest BCUT2D eigenvalue weighted by molar-refractivity contribution is -0.237. The van der Waals surface area contributed by atoms with Gasteiger partial charge >= 0.3 is 5.97 Å². The normalized spacial score (nSPS) is 53.1. The van der Waals surface area contributed by atoms with Crippen LogP contribution in [-0.4, -0.2) is 56.6 Å². The topological polar surface area (TPSA) is 120 Å². The Morgan fingerprint density at radius 2 is 1.87 bits per heavy atom. The van der Waals surface area contributed by atoms with Gasteiger partial charge in [0, 0.05) is 23.3 Å². The highest BCUT2D eigenvalue weighted by atomic mass is 16.5. The lowest BCUT2D eigenvalue weighted by atomic mass is 9.41.